The normalized spacial score (nSPS) is 13.4. The predicted octanol–water partition coefficient (Wildman–Crippen LogP) is 2.21. The van der Waals surface area contributed by atoms with Gasteiger partial charge in [-0.05, 0) is 38.0 Å². The molecule has 4 nitrogen and oxygen atoms in total. The van der Waals surface area contributed by atoms with Crippen molar-refractivity contribution in [2.75, 3.05) is 0 Å². The van der Waals surface area contributed by atoms with Crippen molar-refractivity contribution >= 4 is 10.0 Å². The summed E-state index contributed by atoms with van der Waals surface area (Å²) in [4.78, 5) is 0.0560. The van der Waals surface area contributed by atoms with Gasteiger partial charge in [-0.25, -0.2) is 13.6 Å². The fraction of sp³-hybridized carbons (Fsp3) is 0.500. The van der Waals surface area contributed by atoms with E-state index in [1.807, 2.05) is 19.9 Å². The number of rotatable bonds is 5. The molecule has 1 aromatic carbocycles. The lowest BCUT2D eigenvalue weighted by atomic mass is 10.2. The van der Waals surface area contributed by atoms with Gasteiger partial charge in [-0.15, -0.1) is 0 Å². The van der Waals surface area contributed by atoms with Crippen LogP contribution in [-0.4, -0.2) is 14.5 Å². The van der Waals surface area contributed by atoms with Gasteiger partial charge in [0.1, 0.15) is 10.6 Å². The van der Waals surface area contributed by atoms with Crippen molar-refractivity contribution in [1.29, 1.82) is 0 Å². The molecule has 0 spiro atoms. The topological polar surface area (TPSA) is 69.4 Å². The highest BCUT2D eigenvalue weighted by Gasteiger charge is 2.16. The summed E-state index contributed by atoms with van der Waals surface area (Å²) in [6.45, 7) is 5.78. The van der Waals surface area contributed by atoms with Crippen LogP contribution in [0.2, 0.25) is 0 Å². The van der Waals surface area contributed by atoms with Crippen LogP contribution in [0.1, 0.15) is 32.3 Å². The molecule has 5 heteroatoms. The van der Waals surface area contributed by atoms with Crippen molar-refractivity contribution in [2.24, 2.45) is 5.14 Å². The van der Waals surface area contributed by atoms with Crippen molar-refractivity contribution in [3.05, 3.63) is 23.8 Å². The van der Waals surface area contributed by atoms with Gasteiger partial charge in [0.15, 0.2) is 0 Å². The molecule has 0 heterocycles. The van der Waals surface area contributed by atoms with Gasteiger partial charge in [0, 0.05) is 0 Å². The third kappa shape index (κ3) is 4.02. The lowest BCUT2D eigenvalue weighted by Crippen LogP contribution is -2.17. The Morgan fingerprint density at radius 3 is 2.59 bits per heavy atom. The zero-order valence-electron chi connectivity index (χ0n) is 10.4. The Morgan fingerprint density at radius 2 is 2.06 bits per heavy atom. The number of aryl methyl sites for hydroxylation is 1. The van der Waals surface area contributed by atoms with Crippen molar-refractivity contribution in [1.82, 2.24) is 0 Å². The van der Waals surface area contributed by atoms with Gasteiger partial charge in [-0.2, -0.15) is 0 Å². The van der Waals surface area contributed by atoms with Gasteiger partial charge in [-0.3, -0.25) is 0 Å². The molecule has 0 amide bonds. The molecule has 96 valence electrons. The van der Waals surface area contributed by atoms with Crippen LogP contribution >= 0.6 is 0 Å². The third-order valence-electron chi connectivity index (χ3n) is 2.43. The van der Waals surface area contributed by atoms with E-state index >= 15 is 0 Å². The third-order valence-corrected chi connectivity index (χ3v) is 3.36. The SMILES string of the molecule is CCCC(C)Oc1ccc(C)cc1S(N)(=O)=O. The smallest absolute Gasteiger partial charge is 0.241 e. The molecule has 2 N–H and O–H groups in total. The van der Waals surface area contributed by atoms with E-state index in [4.69, 9.17) is 9.88 Å². The predicted molar refractivity (Wildman–Crippen MR) is 67.6 cm³/mol. The molecule has 0 aliphatic carbocycles. The van der Waals surface area contributed by atoms with Crippen LogP contribution < -0.4 is 9.88 Å². The van der Waals surface area contributed by atoms with E-state index in [-0.39, 0.29) is 11.0 Å². The Morgan fingerprint density at radius 1 is 1.41 bits per heavy atom. The van der Waals surface area contributed by atoms with E-state index in [1.54, 1.807) is 6.07 Å². The summed E-state index contributed by atoms with van der Waals surface area (Å²) >= 11 is 0. The van der Waals surface area contributed by atoms with Crippen molar-refractivity contribution in [2.45, 2.75) is 44.6 Å². The summed E-state index contributed by atoms with van der Waals surface area (Å²) in [5.41, 5.74) is 0.838. The zero-order chi connectivity index (χ0) is 13.1. The maximum absolute atomic E-state index is 11.4. The summed E-state index contributed by atoms with van der Waals surface area (Å²) in [6.07, 6.45) is 1.83. The minimum atomic E-state index is -3.74. The average molecular weight is 257 g/mol. The van der Waals surface area contributed by atoms with Crippen LogP contribution in [0.3, 0.4) is 0 Å². The molecule has 17 heavy (non-hydrogen) atoms. The maximum Gasteiger partial charge on any atom is 0.241 e. The van der Waals surface area contributed by atoms with Gasteiger partial charge in [-0.1, -0.05) is 19.4 Å². The summed E-state index contributed by atoms with van der Waals surface area (Å²) in [6, 6.07) is 4.99. The first-order valence-electron chi connectivity index (χ1n) is 5.64. The van der Waals surface area contributed by atoms with E-state index in [1.165, 1.54) is 6.07 Å². The second-order valence-corrected chi connectivity index (χ2v) is 5.74. The van der Waals surface area contributed by atoms with Gasteiger partial charge in [0.05, 0.1) is 6.10 Å². The van der Waals surface area contributed by atoms with Crippen molar-refractivity contribution in [3.63, 3.8) is 0 Å². The number of benzene rings is 1. The standard InChI is InChI=1S/C12H19NO3S/c1-4-5-10(3)16-11-7-6-9(2)8-12(11)17(13,14)15/h6-8,10H,4-5H2,1-3H3,(H2,13,14,15). The maximum atomic E-state index is 11.4. The van der Waals surface area contributed by atoms with Crippen LogP contribution in [-0.2, 0) is 10.0 Å². The summed E-state index contributed by atoms with van der Waals surface area (Å²) in [5, 5.41) is 5.17. The van der Waals surface area contributed by atoms with Crippen LogP contribution in [0.5, 0.6) is 5.75 Å². The highest BCUT2D eigenvalue weighted by atomic mass is 32.2. The number of sulfonamides is 1. The molecular formula is C12H19NO3S. The molecule has 0 radical (unpaired) electrons. The Kier molecular flexibility index (Phi) is 4.54. The molecule has 1 atom stereocenters. The fourth-order valence-electron chi connectivity index (χ4n) is 1.62. The Balaban J connectivity index is 3.07. The highest BCUT2D eigenvalue weighted by molar-refractivity contribution is 7.89. The molecular weight excluding hydrogens is 238 g/mol. The number of ether oxygens (including phenoxy) is 1. The number of primary sulfonamides is 1. The van der Waals surface area contributed by atoms with E-state index in [0.29, 0.717) is 5.75 Å². The Hall–Kier alpha value is -1.07. The molecule has 0 aliphatic heterocycles. The summed E-state index contributed by atoms with van der Waals surface area (Å²) < 4.78 is 28.5. The average Bonchev–Trinajstić information content (AvgIpc) is 2.19. The fourth-order valence-corrected chi connectivity index (χ4v) is 2.36. The molecule has 0 saturated carbocycles. The van der Waals surface area contributed by atoms with Crippen LogP contribution in [0.25, 0.3) is 0 Å². The van der Waals surface area contributed by atoms with Crippen LogP contribution in [0.15, 0.2) is 23.1 Å². The van der Waals surface area contributed by atoms with Gasteiger partial charge >= 0.3 is 0 Å². The largest absolute Gasteiger partial charge is 0.489 e. The molecule has 1 rings (SSSR count). The molecule has 1 unspecified atom stereocenters. The lowest BCUT2D eigenvalue weighted by molar-refractivity contribution is 0.204. The van der Waals surface area contributed by atoms with Gasteiger partial charge in [0.2, 0.25) is 10.0 Å². The summed E-state index contributed by atoms with van der Waals surface area (Å²) in [5.74, 6) is 0.332. The van der Waals surface area contributed by atoms with Crippen molar-refractivity contribution in [3.8, 4) is 5.75 Å². The van der Waals surface area contributed by atoms with Crippen LogP contribution in [0, 0.1) is 6.92 Å². The van der Waals surface area contributed by atoms with E-state index in [0.717, 1.165) is 18.4 Å². The first kappa shape index (κ1) is 14.0. The second-order valence-electron chi connectivity index (χ2n) is 4.21. The van der Waals surface area contributed by atoms with E-state index < -0.39 is 10.0 Å². The zero-order valence-corrected chi connectivity index (χ0v) is 11.3. The van der Waals surface area contributed by atoms with E-state index in [9.17, 15) is 8.42 Å². The van der Waals surface area contributed by atoms with E-state index in [2.05, 4.69) is 6.92 Å². The molecule has 0 saturated heterocycles. The first-order valence-corrected chi connectivity index (χ1v) is 7.19. The lowest BCUT2D eigenvalue weighted by Gasteiger charge is -2.16. The summed E-state index contributed by atoms with van der Waals surface area (Å²) in [7, 11) is -3.74. The second kappa shape index (κ2) is 5.51. The Labute approximate surface area is 103 Å². The number of hydrogen-bond donors (Lipinski definition) is 1. The molecule has 0 bridgehead atoms. The van der Waals surface area contributed by atoms with Crippen molar-refractivity contribution < 1.29 is 13.2 Å². The molecule has 0 fully saturated rings. The number of hydrogen-bond acceptors (Lipinski definition) is 3. The first-order chi connectivity index (χ1) is 7.84. The molecule has 0 aromatic heterocycles. The molecule has 0 aliphatic rings. The minimum absolute atomic E-state index is 0.0248. The number of nitrogens with two attached hydrogens (primary N) is 1. The van der Waals surface area contributed by atoms with Gasteiger partial charge < -0.3 is 4.74 Å². The minimum Gasteiger partial charge on any atom is -0.489 e. The van der Waals surface area contributed by atoms with Crippen LogP contribution in [0.4, 0.5) is 0 Å². The Bertz CT molecular complexity index is 483. The highest BCUT2D eigenvalue weighted by Crippen LogP contribution is 2.25. The monoisotopic (exact) mass is 257 g/mol. The van der Waals surface area contributed by atoms with Gasteiger partial charge in [0.25, 0.3) is 0 Å². The molecule has 1 aromatic rings. The quantitative estimate of drug-likeness (QED) is 0.879.